The van der Waals surface area contributed by atoms with Gasteiger partial charge in [-0.25, -0.2) is 4.98 Å². The molecule has 1 saturated heterocycles. The van der Waals surface area contributed by atoms with Gasteiger partial charge >= 0.3 is 0 Å². The summed E-state index contributed by atoms with van der Waals surface area (Å²) in [5.41, 5.74) is 0.660. The Morgan fingerprint density at radius 1 is 1.38 bits per heavy atom. The summed E-state index contributed by atoms with van der Waals surface area (Å²) in [6, 6.07) is 3.54. The van der Waals surface area contributed by atoms with Crippen molar-refractivity contribution in [3.8, 4) is 0 Å². The zero-order valence-electron chi connectivity index (χ0n) is 13.1. The molecule has 0 atom stereocenters. The van der Waals surface area contributed by atoms with E-state index in [2.05, 4.69) is 24.1 Å². The lowest BCUT2D eigenvalue weighted by Gasteiger charge is -2.23. The normalized spacial score (nSPS) is 18.2. The van der Waals surface area contributed by atoms with Gasteiger partial charge in [-0.15, -0.1) is 0 Å². The van der Waals surface area contributed by atoms with Crippen LogP contribution in [-0.4, -0.2) is 35.4 Å². The summed E-state index contributed by atoms with van der Waals surface area (Å²) >= 11 is 6.17. The van der Waals surface area contributed by atoms with Crippen molar-refractivity contribution in [3.63, 3.8) is 0 Å². The molecule has 5 heteroatoms. The highest BCUT2D eigenvalue weighted by Crippen LogP contribution is 2.30. The molecule has 0 aromatic carbocycles. The Hall–Kier alpha value is -1.29. The van der Waals surface area contributed by atoms with Crippen molar-refractivity contribution in [2.75, 3.05) is 25.0 Å². The number of nitrogens with zero attached hydrogens (tertiary/aromatic N) is 2. The Morgan fingerprint density at radius 3 is 2.86 bits per heavy atom. The minimum Gasteiger partial charge on any atom is -0.370 e. The zero-order valence-corrected chi connectivity index (χ0v) is 13.8. The molecule has 0 radical (unpaired) electrons. The van der Waals surface area contributed by atoms with Crippen LogP contribution < -0.4 is 5.32 Å². The van der Waals surface area contributed by atoms with Crippen LogP contribution in [0.5, 0.6) is 0 Å². The molecule has 1 fully saturated rings. The highest BCUT2D eigenvalue weighted by Gasteiger charge is 2.27. The van der Waals surface area contributed by atoms with Gasteiger partial charge < -0.3 is 10.2 Å². The van der Waals surface area contributed by atoms with Crippen molar-refractivity contribution in [2.45, 2.75) is 40.0 Å². The lowest BCUT2D eigenvalue weighted by molar-refractivity contribution is 0.0752. The number of likely N-dealkylation sites (tertiary alicyclic amines) is 1. The Balaban J connectivity index is 2.17. The molecule has 1 aliphatic heterocycles. The summed E-state index contributed by atoms with van der Waals surface area (Å²) in [5.74, 6) is 0.637. The van der Waals surface area contributed by atoms with Crippen molar-refractivity contribution < 1.29 is 4.79 Å². The van der Waals surface area contributed by atoms with Gasteiger partial charge in [0.15, 0.2) is 0 Å². The minimum absolute atomic E-state index is 0.0579. The fraction of sp³-hybridized carbons (Fsp3) is 0.625. The van der Waals surface area contributed by atoms with Crippen molar-refractivity contribution in [3.05, 3.63) is 22.8 Å². The Bertz CT molecular complexity index is 516. The largest absolute Gasteiger partial charge is 0.370 e. The topological polar surface area (TPSA) is 45.2 Å². The summed E-state index contributed by atoms with van der Waals surface area (Å²) in [6.45, 7) is 8.84. The van der Waals surface area contributed by atoms with Crippen LogP contribution >= 0.6 is 11.6 Å². The van der Waals surface area contributed by atoms with Gasteiger partial charge in [0, 0.05) is 19.6 Å². The number of rotatable bonds is 3. The third kappa shape index (κ3) is 4.10. The molecule has 1 N–H and O–H groups in total. The summed E-state index contributed by atoms with van der Waals surface area (Å²) in [5, 5.41) is 3.54. The number of hydrogen-bond acceptors (Lipinski definition) is 3. The standard InChI is InChI=1S/C16H24ClN3O/c1-4-18-13-7-6-12(17)14(19-13)15(21)20-10-5-8-16(2,3)9-11-20/h6-7H,4-5,8-11H2,1-3H3,(H,18,19). The van der Waals surface area contributed by atoms with Crippen molar-refractivity contribution in [1.82, 2.24) is 9.88 Å². The highest BCUT2D eigenvalue weighted by atomic mass is 35.5. The number of pyridine rings is 1. The second-order valence-electron chi connectivity index (χ2n) is 6.37. The summed E-state index contributed by atoms with van der Waals surface area (Å²) in [6.07, 6.45) is 3.20. The third-order valence-electron chi connectivity index (χ3n) is 4.03. The average Bonchev–Trinajstić information content (AvgIpc) is 2.61. The van der Waals surface area contributed by atoms with E-state index in [9.17, 15) is 4.79 Å². The molecule has 1 aromatic heterocycles. The molecule has 0 unspecified atom stereocenters. The maximum Gasteiger partial charge on any atom is 0.274 e. The summed E-state index contributed by atoms with van der Waals surface area (Å²) < 4.78 is 0. The van der Waals surface area contributed by atoms with Crippen LogP contribution in [-0.2, 0) is 0 Å². The first-order valence-corrected chi connectivity index (χ1v) is 8.00. The van der Waals surface area contributed by atoms with Crippen molar-refractivity contribution in [1.29, 1.82) is 0 Å². The summed E-state index contributed by atoms with van der Waals surface area (Å²) in [7, 11) is 0. The smallest absolute Gasteiger partial charge is 0.274 e. The number of carbonyl (C=O) groups is 1. The highest BCUT2D eigenvalue weighted by molar-refractivity contribution is 6.33. The molecule has 116 valence electrons. The van der Waals surface area contributed by atoms with E-state index >= 15 is 0 Å². The van der Waals surface area contributed by atoms with Crippen LogP contribution in [0.3, 0.4) is 0 Å². The maximum atomic E-state index is 12.7. The molecule has 2 heterocycles. The van der Waals surface area contributed by atoms with Crippen LogP contribution in [0.25, 0.3) is 0 Å². The fourth-order valence-corrected chi connectivity index (χ4v) is 2.83. The first-order valence-electron chi connectivity index (χ1n) is 7.62. The van der Waals surface area contributed by atoms with E-state index in [-0.39, 0.29) is 5.91 Å². The molecule has 0 saturated carbocycles. The van der Waals surface area contributed by atoms with Gasteiger partial charge in [-0.2, -0.15) is 0 Å². The van der Waals surface area contributed by atoms with Gasteiger partial charge in [-0.05, 0) is 43.7 Å². The molecule has 2 rings (SSSR count). The molecule has 4 nitrogen and oxygen atoms in total. The number of aromatic nitrogens is 1. The van der Waals surface area contributed by atoms with Crippen molar-refractivity contribution >= 4 is 23.3 Å². The SMILES string of the molecule is CCNc1ccc(Cl)c(C(=O)N2CCCC(C)(C)CC2)n1. The Kier molecular flexibility index (Phi) is 5.09. The maximum absolute atomic E-state index is 12.7. The van der Waals surface area contributed by atoms with Crippen LogP contribution in [0, 0.1) is 5.41 Å². The monoisotopic (exact) mass is 309 g/mol. The van der Waals surface area contributed by atoms with Crippen LogP contribution in [0.2, 0.25) is 5.02 Å². The number of nitrogens with one attached hydrogen (secondary N) is 1. The van der Waals surface area contributed by atoms with E-state index in [1.165, 1.54) is 0 Å². The van der Waals surface area contributed by atoms with Gasteiger partial charge in [0.05, 0.1) is 5.02 Å². The molecular formula is C16H24ClN3O. The molecular weight excluding hydrogens is 286 g/mol. The summed E-state index contributed by atoms with van der Waals surface area (Å²) in [4.78, 5) is 18.9. The first-order chi connectivity index (χ1) is 9.93. The van der Waals surface area contributed by atoms with Crippen LogP contribution in [0.4, 0.5) is 5.82 Å². The molecule has 1 aliphatic rings. The quantitative estimate of drug-likeness (QED) is 0.923. The number of carbonyl (C=O) groups excluding carboxylic acids is 1. The molecule has 21 heavy (non-hydrogen) atoms. The number of amides is 1. The van der Waals surface area contributed by atoms with E-state index in [1.54, 1.807) is 12.1 Å². The minimum atomic E-state index is -0.0579. The van der Waals surface area contributed by atoms with Crippen molar-refractivity contribution in [2.24, 2.45) is 5.41 Å². The molecule has 0 spiro atoms. The lowest BCUT2D eigenvalue weighted by atomic mass is 9.85. The Labute approximate surface area is 131 Å². The second kappa shape index (κ2) is 6.65. The fourth-order valence-electron chi connectivity index (χ4n) is 2.65. The van der Waals surface area contributed by atoms with E-state index in [4.69, 9.17) is 11.6 Å². The van der Waals surface area contributed by atoms with Crippen LogP contribution in [0.1, 0.15) is 50.5 Å². The Morgan fingerprint density at radius 2 is 2.14 bits per heavy atom. The van der Waals surface area contributed by atoms with E-state index in [0.717, 1.165) is 38.9 Å². The van der Waals surface area contributed by atoms with E-state index in [1.807, 2.05) is 11.8 Å². The van der Waals surface area contributed by atoms with Gasteiger partial charge in [0.1, 0.15) is 11.5 Å². The molecule has 1 aromatic rings. The van der Waals surface area contributed by atoms with E-state index in [0.29, 0.717) is 21.9 Å². The second-order valence-corrected chi connectivity index (χ2v) is 6.77. The molecule has 1 amide bonds. The molecule has 0 bridgehead atoms. The van der Waals surface area contributed by atoms with Gasteiger partial charge in [-0.3, -0.25) is 4.79 Å². The first kappa shape index (κ1) is 16.1. The van der Waals surface area contributed by atoms with Gasteiger partial charge in [0.2, 0.25) is 0 Å². The number of halogens is 1. The van der Waals surface area contributed by atoms with E-state index < -0.39 is 0 Å². The molecule has 0 aliphatic carbocycles. The zero-order chi connectivity index (χ0) is 15.5. The third-order valence-corrected chi connectivity index (χ3v) is 4.34. The number of hydrogen-bond donors (Lipinski definition) is 1. The lowest BCUT2D eigenvalue weighted by Crippen LogP contribution is -2.33. The predicted molar refractivity (Wildman–Crippen MR) is 86.9 cm³/mol. The number of anilines is 1. The van der Waals surface area contributed by atoms with Gasteiger partial charge in [-0.1, -0.05) is 25.4 Å². The van der Waals surface area contributed by atoms with Gasteiger partial charge in [0.25, 0.3) is 5.91 Å². The average molecular weight is 310 g/mol. The predicted octanol–water partition coefficient (Wildman–Crippen LogP) is 3.82. The van der Waals surface area contributed by atoms with Crippen LogP contribution in [0.15, 0.2) is 12.1 Å².